The average Bonchev–Trinajstić information content (AvgIpc) is 2.43. The van der Waals surface area contributed by atoms with Gasteiger partial charge in [-0.1, -0.05) is 11.6 Å². The average molecular weight is 313 g/mol. The summed E-state index contributed by atoms with van der Waals surface area (Å²) in [5.41, 5.74) is 1.01. The largest absolute Gasteiger partial charge is 0.486 e. The molecule has 21 heavy (non-hydrogen) atoms. The first-order valence-electron chi connectivity index (χ1n) is 7.14. The molecule has 0 aliphatic carbocycles. The Morgan fingerprint density at radius 1 is 1.33 bits per heavy atom. The third-order valence-corrected chi connectivity index (χ3v) is 3.24. The van der Waals surface area contributed by atoms with Crippen molar-refractivity contribution in [2.45, 2.75) is 32.9 Å². The maximum atomic E-state index is 11.5. The minimum Gasteiger partial charge on any atom is -0.486 e. The van der Waals surface area contributed by atoms with Crippen LogP contribution in [0.2, 0.25) is 5.02 Å². The molecule has 1 aromatic carbocycles. The number of amides is 1. The summed E-state index contributed by atoms with van der Waals surface area (Å²) in [5, 5.41) is 6.64. The lowest BCUT2D eigenvalue weighted by atomic mass is 10.2. The number of fused-ring (bicyclic) bond motifs is 1. The second-order valence-corrected chi connectivity index (χ2v) is 5.66. The van der Waals surface area contributed by atoms with E-state index in [1.54, 1.807) is 0 Å². The highest BCUT2D eigenvalue weighted by molar-refractivity contribution is 6.32. The van der Waals surface area contributed by atoms with Gasteiger partial charge in [0.1, 0.15) is 13.2 Å². The van der Waals surface area contributed by atoms with Crippen molar-refractivity contribution in [1.82, 2.24) is 10.6 Å². The molecule has 1 aliphatic heterocycles. The second kappa shape index (κ2) is 7.52. The standard InChI is InChI=1S/C15H21ClN2O3/c1-10(2)18-14(19)3-4-17-9-11-7-12(16)15-13(8-11)20-5-6-21-15/h7-8,10,17H,3-6,9H2,1-2H3,(H,18,19). The van der Waals surface area contributed by atoms with Crippen LogP contribution in [0.5, 0.6) is 11.5 Å². The van der Waals surface area contributed by atoms with Gasteiger partial charge in [-0.25, -0.2) is 0 Å². The molecule has 1 aromatic rings. The Balaban J connectivity index is 1.81. The first kappa shape index (κ1) is 15.9. The number of halogens is 1. The molecular weight excluding hydrogens is 292 g/mol. The van der Waals surface area contributed by atoms with Crippen molar-refractivity contribution in [3.63, 3.8) is 0 Å². The Bertz CT molecular complexity index is 506. The third-order valence-electron chi connectivity index (χ3n) is 2.96. The molecule has 1 aliphatic rings. The fourth-order valence-corrected chi connectivity index (χ4v) is 2.38. The van der Waals surface area contributed by atoms with E-state index >= 15 is 0 Å². The number of carbonyl (C=O) groups excluding carboxylic acids is 1. The minimum atomic E-state index is 0.0534. The number of benzene rings is 1. The third kappa shape index (κ3) is 4.79. The van der Waals surface area contributed by atoms with Crippen LogP contribution in [0.1, 0.15) is 25.8 Å². The number of hydrogen-bond acceptors (Lipinski definition) is 4. The first-order valence-corrected chi connectivity index (χ1v) is 7.52. The number of rotatable bonds is 6. The van der Waals surface area contributed by atoms with Gasteiger partial charge in [0.15, 0.2) is 11.5 Å². The Morgan fingerprint density at radius 3 is 2.86 bits per heavy atom. The van der Waals surface area contributed by atoms with E-state index in [1.165, 1.54) is 0 Å². The van der Waals surface area contributed by atoms with Gasteiger partial charge in [0.2, 0.25) is 5.91 Å². The molecule has 0 spiro atoms. The van der Waals surface area contributed by atoms with Crippen LogP contribution in [0.15, 0.2) is 12.1 Å². The quantitative estimate of drug-likeness (QED) is 0.790. The van der Waals surface area contributed by atoms with E-state index in [0.29, 0.717) is 49.2 Å². The Hall–Kier alpha value is -1.46. The zero-order chi connectivity index (χ0) is 15.2. The van der Waals surface area contributed by atoms with Crippen molar-refractivity contribution in [3.05, 3.63) is 22.7 Å². The van der Waals surface area contributed by atoms with E-state index in [9.17, 15) is 4.79 Å². The molecule has 0 radical (unpaired) electrons. The van der Waals surface area contributed by atoms with E-state index in [0.717, 1.165) is 5.56 Å². The van der Waals surface area contributed by atoms with Crippen molar-refractivity contribution in [2.24, 2.45) is 0 Å². The van der Waals surface area contributed by atoms with Crippen LogP contribution < -0.4 is 20.1 Å². The molecule has 1 amide bonds. The summed E-state index contributed by atoms with van der Waals surface area (Å²) in [6, 6.07) is 3.95. The molecule has 2 rings (SSSR count). The van der Waals surface area contributed by atoms with Crippen molar-refractivity contribution in [3.8, 4) is 11.5 Å². The fourth-order valence-electron chi connectivity index (χ4n) is 2.10. The molecule has 6 heteroatoms. The van der Waals surface area contributed by atoms with Crippen LogP contribution in [0.3, 0.4) is 0 Å². The minimum absolute atomic E-state index is 0.0534. The lowest BCUT2D eigenvalue weighted by molar-refractivity contribution is -0.121. The molecule has 5 nitrogen and oxygen atoms in total. The summed E-state index contributed by atoms with van der Waals surface area (Å²) < 4.78 is 11.0. The first-order chi connectivity index (χ1) is 10.1. The maximum absolute atomic E-state index is 11.5. The van der Waals surface area contributed by atoms with Crippen LogP contribution in [-0.2, 0) is 11.3 Å². The topological polar surface area (TPSA) is 59.6 Å². The second-order valence-electron chi connectivity index (χ2n) is 5.25. The van der Waals surface area contributed by atoms with Crippen LogP contribution >= 0.6 is 11.6 Å². The normalized spacial score (nSPS) is 13.3. The maximum Gasteiger partial charge on any atom is 0.221 e. The lowest BCUT2D eigenvalue weighted by Crippen LogP contribution is -2.32. The van der Waals surface area contributed by atoms with Crippen LogP contribution in [0.4, 0.5) is 0 Å². The van der Waals surface area contributed by atoms with E-state index < -0.39 is 0 Å². The van der Waals surface area contributed by atoms with Gasteiger partial charge < -0.3 is 20.1 Å². The Morgan fingerprint density at radius 2 is 2.10 bits per heavy atom. The molecule has 0 fully saturated rings. The van der Waals surface area contributed by atoms with Crippen LogP contribution in [0.25, 0.3) is 0 Å². The van der Waals surface area contributed by atoms with Gasteiger partial charge in [-0.3, -0.25) is 4.79 Å². The van der Waals surface area contributed by atoms with Gasteiger partial charge in [-0.15, -0.1) is 0 Å². The van der Waals surface area contributed by atoms with Crippen LogP contribution in [-0.4, -0.2) is 31.7 Å². The van der Waals surface area contributed by atoms with Crippen molar-refractivity contribution >= 4 is 17.5 Å². The van der Waals surface area contributed by atoms with E-state index in [-0.39, 0.29) is 11.9 Å². The highest BCUT2D eigenvalue weighted by atomic mass is 35.5. The molecule has 1 heterocycles. The van der Waals surface area contributed by atoms with Crippen molar-refractivity contribution < 1.29 is 14.3 Å². The molecule has 0 unspecified atom stereocenters. The Kier molecular flexibility index (Phi) is 5.70. The van der Waals surface area contributed by atoms with Crippen molar-refractivity contribution in [1.29, 1.82) is 0 Å². The predicted molar refractivity (Wildman–Crippen MR) is 82.0 cm³/mol. The lowest BCUT2D eigenvalue weighted by Gasteiger charge is -2.20. The van der Waals surface area contributed by atoms with Gasteiger partial charge in [-0.05, 0) is 31.5 Å². The van der Waals surface area contributed by atoms with E-state index in [1.807, 2.05) is 26.0 Å². The summed E-state index contributed by atoms with van der Waals surface area (Å²) in [7, 11) is 0. The molecule has 2 N–H and O–H groups in total. The SMILES string of the molecule is CC(C)NC(=O)CCNCc1cc(Cl)c2c(c1)OCCO2. The molecule has 0 atom stereocenters. The van der Waals surface area contributed by atoms with Gasteiger partial charge >= 0.3 is 0 Å². The monoisotopic (exact) mass is 312 g/mol. The Labute approximate surface area is 130 Å². The fraction of sp³-hybridized carbons (Fsp3) is 0.533. The van der Waals surface area contributed by atoms with E-state index in [4.69, 9.17) is 21.1 Å². The van der Waals surface area contributed by atoms with Crippen molar-refractivity contribution in [2.75, 3.05) is 19.8 Å². The highest BCUT2D eigenvalue weighted by Gasteiger charge is 2.16. The highest BCUT2D eigenvalue weighted by Crippen LogP contribution is 2.38. The van der Waals surface area contributed by atoms with Gasteiger partial charge in [-0.2, -0.15) is 0 Å². The smallest absolute Gasteiger partial charge is 0.221 e. The number of nitrogens with one attached hydrogen (secondary N) is 2. The summed E-state index contributed by atoms with van der Waals surface area (Å²) in [5.74, 6) is 1.35. The summed E-state index contributed by atoms with van der Waals surface area (Å²) in [6.07, 6.45) is 0.455. The van der Waals surface area contributed by atoms with Gasteiger partial charge in [0, 0.05) is 25.6 Å². The van der Waals surface area contributed by atoms with E-state index in [2.05, 4.69) is 10.6 Å². The summed E-state index contributed by atoms with van der Waals surface area (Å²) in [6.45, 7) is 6.20. The predicted octanol–water partition coefficient (Wildman–Crippen LogP) is 2.12. The molecule has 0 saturated heterocycles. The number of carbonyl (C=O) groups is 1. The van der Waals surface area contributed by atoms with Gasteiger partial charge in [0.05, 0.1) is 5.02 Å². The number of ether oxygens (including phenoxy) is 2. The van der Waals surface area contributed by atoms with Gasteiger partial charge in [0.25, 0.3) is 0 Å². The number of hydrogen-bond donors (Lipinski definition) is 2. The summed E-state index contributed by atoms with van der Waals surface area (Å²) >= 11 is 6.17. The summed E-state index contributed by atoms with van der Waals surface area (Å²) in [4.78, 5) is 11.5. The molecule has 0 aromatic heterocycles. The molecule has 0 bridgehead atoms. The molecule has 116 valence electrons. The zero-order valence-corrected chi connectivity index (χ0v) is 13.1. The zero-order valence-electron chi connectivity index (χ0n) is 12.4. The molecule has 0 saturated carbocycles. The molecular formula is C15H21ClN2O3. The van der Waals surface area contributed by atoms with Crippen LogP contribution in [0, 0.1) is 0 Å².